The Labute approximate surface area is 189 Å². The van der Waals surface area contributed by atoms with E-state index in [2.05, 4.69) is 16.0 Å². The van der Waals surface area contributed by atoms with Crippen LogP contribution in [0.5, 0.6) is 11.5 Å². The van der Waals surface area contributed by atoms with Crippen molar-refractivity contribution in [3.8, 4) is 11.5 Å². The van der Waals surface area contributed by atoms with Crippen molar-refractivity contribution in [2.75, 3.05) is 32.7 Å². The molecule has 11 heteroatoms. The number of imide groups is 1. The number of urea groups is 1. The third kappa shape index (κ3) is 6.98. The van der Waals surface area contributed by atoms with Gasteiger partial charge in [0.15, 0.2) is 18.1 Å². The summed E-state index contributed by atoms with van der Waals surface area (Å²) in [5.74, 6) is -1.41. The number of ether oxygens (including phenoxy) is 3. The Bertz CT molecular complexity index is 974. The molecule has 1 aromatic carbocycles. The van der Waals surface area contributed by atoms with Crippen molar-refractivity contribution in [1.29, 1.82) is 0 Å². The molecule has 0 radical (unpaired) electrons. The molecular weight excluding hydrogens is 438 g/mol. The summed E-state index contributed by atoms with van der Waals surface area (Å²) in [6.45, 7) is 3.50. The van der Waals surface area contributed by atoms with Crippen LogP contribution in [0.1, 0.15) is 33.9 Å². The molecule has 0 bridgehead atoms. The maximum absolute atomic E-state index is 12.7. The Balaban J connectivity index is 2.13. The van der Waals surface area contributed by atoms with Crippen LogP contribution in [0.2, 0.25) is 0 Å². The topological polar surface area (TPSA) is 132 Å². The molecule has 3 N–H and O–H groups in total. The van der Waals surface area contributed by atoms with Crippen LogP contribution in [0.15, 0.2) is 29.6 Å². The number of carbonyl (C=O) groups excluding carboxylic acids is 4. The summed E-state index contributed by atoms with van der Waals surface area (Å²) < 4.78 is 15.5. The van der Waals surface area contributed by atoms with E-state index in [0.717, 1.165) is 0 Å². The Hall–Kier alpha value is -3.60. The molecule has 172 valence electrons. The molecule has 0 fully saturated rings. The molecule has 10 nitrogen and oxygen atoms in total. The lowest BCUT2D eigenvalue weighted by atomic mass is 10.1. The number of amides is 4. The standard InChI is InChI=1S/C21H25N3O7S/c1-12(2)10-22-21(28)24-18(25)11-31-20(27)13-8-15(29-3)16(30-4)9-14(13)23-19(26)17-6-5-7-32-17/h5-9,12H,10-11H2,1-4H3,(H,23,26)(H2,22,24,25,28). The number of nitrogens with one attached hydrogen (secondary N) is 3. The minimum Gasteiger partial charge on any atom is -0.493 e. The molecule has 4 amide bonds. The lowest BCUT2D eigenvalue weighted by molar-refractivity contribution is -0.123. The molecule has 2 aromatic rings. The normalized spacial score (nSPS) is 10.3. The second kappa shape index (κ2) is 11.7. The Morgan fingerprint density at radius 1 is 1.06 bits per heavy atom. The molecule has 0 aliphatic heterocycles. The second-order valence-corrected chi connectivity index (χ2v) is 7.86. The van der Waals surface area contributed by atoms with E-state index in [1.54, 1.807) is 17.5 Å². The molecule has 1 aromatic heterocycles. The van der Waals surface area contributed by atoms with Gasteiger partial charge in [-0.05, 0) is 17.4 Å². The van der Waals surface area contributed by atoms with E-state index in [9.17, 15) is 19.2 Å². The van der Waals surface area contributed by atoms with Crippen LogP contribution in [-0.2, 0) is 9.53 Å². The summed E-state index contributed by atoms with van der Waals surface area (Å²) >= 11 is 1.23. The van der Waals surface area contributed by atoms with Gasteiger partial charge in [0, 0.05) is 18.7 Å². The maximum atomic E-state index is 12.7. The van der Waals surface area contributed by atoms with Crippen LogP contribution < -0.4 is 25.4 Å². The SMILES string of the molecule is COc1cc(NC(=O)c2cccs2)c(C(=O)OCC(=O)NC(=O)NCC(C)C)cc1OC. The van der Waals surface area contributed by atoms with Gasteiger partial charge >= 0.3 is 12.0 Å². The Morgan fingerprint density at radius 3 is 2.34 bits per heavy atom. The molecule has 1 heterocycles. The summed E-state index contributed by atoms with van der Waals surface area (Å²) in [5.41, 5.74) is 0.0609. The first-order valence-corrected chi connectivity index (χ1v) is 10.5. The number of methoxy groups -OCH3 is 2. The number of rotatable bonds is 9. The van der Waals surface area contributed by atoms with Gasteiger partial charge in [-0.3, -0.25) is 14.9 Å². The number of carbonyl (C=O) groups is 4. The fourth-order valence-electron chi connectivity index (χ4n) is 2.46. The highest BCUT2D eigenvalue weighted by atomic mass is 32.1. The average molecular weight is 464 g/mol. The van der Waals surface area contributed by atoms with Crippen molar-refractivity contribution >= 4 is 40.8 Å². The van der Waals surface area contributed by atoms with E-state index in [1.165, 1.54) is 37.7 Å². The first-order valence-electron chi connectivity index (χ1n) is 9.60. The highest BCUT2D eigenvalue weighted by molar-refractivity contribution is 7.12. The van der Waals surface area contributed by atoms with Crippen molar-refractivity contribution in [2.24, 2.45) is 5.92 Å². The van der Waals surface area contributed by atoms with Gasteiger partial charge in [-0.15, -0.1) is 11.3 Å². The predicted molar refractivity (Wildman–Crippen MR) is 118 cm³/mol. The highest BCUT2D eigenvalue weighted by Gasteiger charge is 2.21. The summed E-state index contributed by atoms with van der Waals surface area (Å²) in [4.78, 5) is 49.1. The van der Waals surface area contributed by atoms with Crippen molar-refractivity contribution in [3.05, 3.63) is 40.1 Å². The Morgan fingerprint density at radius 2 is 1.75 bits per heavy atom. The van der Waals surface area contributed by atoms with E-state index in [0.29, 0.717) is 11.4 Å². The van der Waals surface area contributed by atoms with Crippen LogP contribution in [0.3, 0.4) is 0 Å². The van der Waals surface area contributed by atoms with Gasteiger partial charge in [0.25, 0.3) is 11.8 Å². The molecule has 0 saturated heterocycles. The van der Waals surface area contributed by atoms with Crippen LogP contribution in [0.25, 0.3) is 0 Å². The average Bonchev–Trinajstić information content (AvgIpc) is 3.30. The van der Waals surface area contributed by atoms with E-state index in [-0.39, 0.29) is 28.7 Å². The Kier molecular flexibility index (Phi) is 9.02. The zero-order valence-electron chi connectivity index (χ0n) is 18.1. The summed E-state index contributed by atoms with van der Waals surface area (Å²) in [6.07, 6.45) is 0. The quantitative estimate of drug-likeness (QED) is 0.487. The van der Waals surface area contributed by atoms with Crippen molar-refractivity contribution in [2.45, 2.75) is 13.8 Å². The largest absolute Gasteiger partial charge is 0.493 e. The van der Waals surface area contributed by atoms with E-state index < -0.39 is 30.4 Å². The number of benzene rings is 1. The van der Waals surface area contributed by atoms with Gasteiger partial charge in [0.05, 0.1) is 30.3 Å². The smallest absolute Gasteiger partial charge is 0.340 e. The summed E-state index contributed by atoms with van der Waals surface area (Å²) in [6, 6.07) is 5.42. The number of hydrogen-bond acceptors (Lipinski definition) is 8. The van der Waals surface area contributed by atoms with Crippen LogP contribution >= 0.6 is 11.3 Å². The minimum atomic E-state index is -0.898. The molecule has 0 saturated carbocycles. The van der Waals surface area contributed by atoms with Crippen molar-refractivity contribution in [3.63, 3.8) is 0 Å². The lowest BCUT2D eigenvalue weighted by Gasteiger charge is -2.15. The molecule has 0 aliphatic rings. The fourth-order valence-corrected chi connectivity index (χ4v) is 3.07. The number of hydrogen-bond donors (Lipinski definition) is 3. The zero-order chi connectivity index (χ0) is 23.7. The highest BCUT2D eigenvalue weighted by Crippen LogP contribution is 2.34. The van der Waals surface area contributed by atoms with Gasteiger partial charge in [-0.2, -0.15) is 0 Å². The summed E-state index contributed by atoms with van der Waals surface area (Å²) in [5, 5.41) is 8.97. The van der Waals surface area contributed by atoms with Crippen LogP contribution in [0, 0.1) is 5.92 Å². The monoisotopic (exact) mass is 463 g/mol. The van der Waals surface area contributed by atoms with E-state index in [4.69, 9.17) is 14.2 Å². The minimum absolute atomic E-state index is 0.0513. The lowest BCUT2D eigenvalue weighted by Crippen LogP contribution is -2.42. The number of anilines is 1. The maximum Gasteiger partial charge on any atom is 0.340 e. The first kappa shape index (κ1) is 24.7. The van der Waals surface area contributed by atoms with Gasteiger partial charge < -0.3 is 24.8 Å². The van der Waals surface area contributed by atoms with Gasteiger partial charge in [-0.1, -0.05) is 19.9 Å². The summed E-state index contributed by atoms with van der Waals surface area (Å²) in [7, 11) is 2.80. The molecule has 0 spiro atoms. The van der Waals surface area contributed by atoms with Gasteiger partial charge in [0.1, 0.15) is 0 Å². The molecule has 32 heavy (non-hydrogen) atoms. The second-order valence-electron chi connectivity index (χ2n) is 6.91. The fraction of sp³-hybridized carbons (Fsp3) is 0.333. The van der Waals surface area contributed by atoms with Gasteiger partial charge in [0.2, 0.25) is 0 Å². The van der Waals surface area contributed by atoms with E-state index >= 15 is 0 Å². The van der Waals surface area contributed by atoms with Crippen molar-refractivity contribution < 1.29 is 33.4 Å². The third-order valence-corrected chi connectivity index (χ3v) is 4.86. The molecule has 0 atom stereocenters. The predicted octanol–water partition coefficient (Wildman–Crippen LogP) is 2.66. The van der Waals surface area contributed by atoms with E-state index in [1.807, 2.05) is 13.8 Å². The first-order chi connectivity index (χ1) is 15.2. The zero-order valence-corrected chi connectivity index (χ0v) is 19.0. The van der Waals surface area contributed by atoms with Crippen LogP contribution in [0.4, 0.5) is 10.5 Å². The molecule has 0 unspecified atom stereocenters. The van der Waals surface area contributed by atoms with Crippen LogP contribution in [-0.4, -0.2) is 51.2 Å². The third-order valence-electron chi connectivity index (χ3n) is 3.99. The van der Waals surface area contributed by atoms with Crippen molar-refractivity contribution in [1.82, 2.24) is 10.6 Å². The van der Waals surface area contributed by atoms with Gasteiger partial charge in [-0.25, -0.2) is 9.59 Å². The number of esters is 1. The molecular formula is C21H25N3O7S. The number of thiophene rings is 1. The molecule has 2 rings (SSSR count). The molecule has 0 aliphatic carbocycles.